The van der Waals surface area contributed by atoms with Crippen LogP contribution in [0.2, 0.25) is 0 Å². The van der Waals surface area contributed by atoms with Gasteiger partial charge in [-0.05, 0) is 50.6 Å². The maximum atomic E-state index is 13.1. The number of nitrogens with zero attached hydrogens (tertiary/aromatic N) is 2. The summed E-state index contributed by atoms with van der Waals surface area (Å²) in [4.78, 5) is 13.2. The lowest BCUT2D eigenvalue weighted by Crippen LogP contribution is -2.41. The number of benzene rings is 3. The summed E-state index contributed by atoms with van der Waals surface area (Å²) in [5.41, 5.74) is 2.62. The third kappa shape index (κ3) is 5.85. The molecule has 7 nitrogen and oxygen atoms in total. The van der Waals surface area contributed by atoms with E-state index in [0.717, 1.165) is 16.9 Å². The Balaban J connectivity index is 1.61. The molecular formula is C27H28N4O3S. The monoisotopic (exact) mass is 488 g/mol. The number of rotatable bonds is 7. The number of sulfonamides is 1. The normalized spacial score (nSPS) is 11.9. The number of carbonyl (C=O) groups excluding carboxylic acids is 1. The molecule has 0 radical (unpaired) electrons. The van der Waals surface area contributed by atoms with Crippen molar-refractivity contribution >= 4 is 15.9 Å². The van der Waals surface area contributed by atoms with Gasteiger partial charge in [0.15, 0.2) is 5.69 Å². The van der Waals surface area contributed by atoms with Crippen LogP contribution in [-0.2, 0) is 16.6 Å². The van der Waals surface area contributed by atoms with Gasteiger partial charge in [0.25, 0.3) is 5.91 Å². The lowest BCUT2D eigenvalue weighted by molar-refractivity contribution is 0.0945. The van der Waals surface area contributed by atoms with Gasteiger partial charge in [0.2, 0.25) is 10.0 Å². The average molecular weight is 489 g/mol. The minimum Gasteiger partial charge on any atom is -0.347 e. The molecule has 0 aliphatic rings. The Hall–Kier alpha value is -3.75. The van der Waals surface area contributed by atoms with Crippen molar-refractivity contribution in [2.24, 2.45) is 0 Å². The van der Waals surface area contributed by atoms with Crippen molar-refractivity contribution in [2.45, 2.75) is 37.8 Å². The van der Waals surface area contributed by atoms with Crippen LogP contribution in [0.1, 0.15) is 36.8 Å². The smallest absolute Gasteiger partial charge is 0.272 e. The first-order valence-corrected chi connectivity index (χ1v) is 12.7. The first-order chi connectivity index (χ1) is 16.6. The van der Waals surface area contributed by atoms with Crippen molar-refractivity contribution < 1.29 is 13.2 Å². The third-order valence-corrected chi connectivity index (χ3v) is 7.01. The van der Waals surface area contributed by atoms with Gasteiger partial charge in [-0.2, -0.15) is 5.10 Å². The fourth-order valence-electron chi connectivity index (χ4n) is 3.71. The van der Waals surface area contributed by atoms with Gasteiger partial charge in [-0.25, -0.2) is 17.8 Å². The molecule has 1 aromatic heterocycles. The van der Waals surface area contributed by atoms with Crippen LogP contribution in [0.3, 0.4) is 0 Å². The van der Waals surface area contributed by atoms with Gasteiger partial charge in [0.05, 0.1) is 16.3 Å². The van der Waals surface area contributed by atoms with Gasteiger partial charge in [-0.3, -0.25) is 4.79 Å². The van der Waals surface area contributed by atoms with E-state index < -0.39 is 21.5 Å². The van der Waals surface area contributed by atoms with E-state index in [4.69, 9.17) is 0 Å². The Bertz CT molecular complexity index is 1370. The van der Waals surface area contributed by atoms with Crippen molar-refractivity contribution in [1.82, 2.24) is 19.8 Å². The standard InChI is InChI=1S/C27H28N4O3S/c1-27(2,3)30-35(33,34)25-17-11-10-14-21(25)19-28-26(32)23-18-24(20-12-6-4-7-13-20)31(29-23)22-15-8-5-9-16-22/h4-18,30H,19H2,1-3H3,(H,28,32). The summed E-state index contributed by atoms with van der Waals surface area (Å²) in [6, 6.07) is 27.7. The Labute approximate surface area is 205 Å². The average Bonchev–Trinajstić information content (AvgIpc) is 3.28. The second-order valence-corrected chi connectivity index (χ2v) is 10.8. The topological polar surface area (TPSA) is 93.1 Å². The van der Waals surface area contributed by atoms with E-state index in [1.807, 2.05) is 60.7 Å². The van der Waals surface area contributed by atoms with E-state index >= 15 is 0 Å². The molecule has 3 aromatic carbocycles. The van der Waals surface area contributed by atoms with Crippen LogP contribution in [0, 0.1) is 0 Å². The SMILES string of the molecule is CC(C)(C)NS(=O)(=O)c1ccccc1CNC(=O)c1cc(-c2ccccc2)n(-c2ccccc2)n1. The number of para-hydroxylation sites is 1. The van der Waals surface area contributed by atoms with Crippen LogP contribution in [0.5, 0.6) is 0 Å². The fraction of sp³-hybridized carbons (Fsp3) is 0.185. The third-order valence-electron chi connectivity index (χ3n) is 5.15. The molecule has 0 aliphatic carbocycles. The van der Waals surface area contributed by atoms with Crippen molar-refractivity contribution in [2.75, 3.05) is 0 Å². The highest BCUT2D eigenvalue weighted by atomic mass is 32.2. The first kappa shape index (κ1) is 24.4. The number of amides is 1. The molecule has 4 aromatic rings. The Kier molecular flexibility index (Phi) is 6.86. The molecule has 0 saturated carbocycles. The molecule has 0 bridgehead atoms. The molecule has 0 saturated heterocycles. The second-order valence-electron chi connectivity index (χ2n) is 9.17. The molecule has 0 fully saturated rings. The maximum Gasteiger partial charge on any atom is 0.272 e. The Morgan fingerprint density at radius 2 is 1.49 bits per heavy atom. The van der Waals surface area contributed by atoms with Gasteiger partial charge in [0.1, 0.15) is 0 Å². The van der Waals surface area contributed by atoms with E-state index in [1.54, 1.807) is 49.7 Å². The maximum absolute atomic E-state index is 13.1. The summed E-state index contributed by atoms with van der Waals surface area (Å²) in [6.45, 7) is 5.38. The first-order valence-electron chi connectivity index (χ1n) is 11.2. The molecule has 4 rings (SSSR count). The van der Waals surface area contributed by atoms with Crippen LogP contribution in [0.4, 0.5) is 0 Å². The van der Waals surface area contributed by atoms with Gasteiger partial charge in [-0.15, -0.1) is 0 Å². The van der Waals surface area contributed by atoms with Crippen LogP contribution in [-0.4, -0.2) is 29.6 Å². The second kappa shape index (κ2) is 9.85. The van der Waals surface area contributed by atoms with Gasteiger partial charge in [0, 0.05) is 17.6 Å². The Morgan fingerprint density at radius 3 is 2.14 bits per heavy atom. The molecule has 0 aliphatic heterocycles. The van der Waals surface area contributed by atoms with Gasteiger partial charge in [-0.1, -0.05) is 66.7 Å². The van der Waals surface area contributed by atoms with Crippen molar-refractivity contribution in [1.29, 1.82) is 0 Å². The zero-order chi connectivity index (χ0) is 25.1. The molecule has 8 heteroatoms. The summed E-state index contributed by atoms with van der Waals surface area (Å²) >= 11 is 0. The summed E-state index contributed by atoms with van der Waals surface area (Å²) in [5.74, 6) is -0.396. The summed E-state index contributed by atoms with van der Waals surface area (Å²) < 4.78 is 30.2. The highest BCUT2D eigenvalue weighted by molar-refractivity contribution is 7.89. The molecule has 2 N–H and O–H groups in total. The molecule has 35 heavy (non-hydrogen) atoms. The lowest BCUT2D eigenvalue weighted by Gasteiger charge is -2.21. The minimum atomic E-state index is -3.76. The molecule has 0 spiro atoms. The van der Waals surface area contributed by atoms with Crippen molar-refractivity contribution in [3.05, 3.63) is 102 Å². The number of carbonyl (C=O) groups is 1. The van der Waals surface area contributed by atoms with E-state index in [9.17, 15) is 13.2 Å². The molecular weight excluding hydrogens is 460 g/mol. The van der Waals surface area contributed by atoms with Crippen LogP contribution >= 0.6 is 0 Å². The number of hydrogen-bond acceptors (Lipinski definition) is 4. The van der Waals surface area contributed by atoms with E-state index in [1.165, 1.54) is 6.07 Å². The summed E-state index contributed by atoms with van der Waals surface area (Å²) in [5, 5.41) is 7.39. The zero-order valence-corrected chi connectivity index (χ0v) is 20.7. The van der Waals surface area contributed by atoms with Crippen LogP contribution < -0.4 is 10.0 Å². The highest BCUT2D eigenvalue weighted by Gasteiger charge is 2.24. The van der Waals surface area contributed by atoms with E-state index in [-0.39, 0.29) is 17.1 Å². The summed E-state index contributed by atoms with van der Waals surface area (Å²) in [6.07, 6.45) is 0. The zero-order valence-electron chi connectivity index (χ0n) is 19.9. The molecule has 0 unspecified atom stereocenters. The predicted molar refractivity (Wildman–Crippen MR) is 137 cm³/mol. The largest absolute Gasteiger partial charge is 0.347 e. The minimum absolute atomic E-state index is 0.0406. The number of hydrogen-bond donors (Lipinski definition) is 2. The van der Waals surface area contributed by atoms with Crippen LogP contribution in [0.15, 0.2) is 95.9 Å². The van der Waals surface area contributed by atoms with Crippen molar-refractivity contribution in [3.8, 4) is 16.9 Å². The fourth-order valence-corrected chi connectivity index (χ4v) is 5.37. The number of aromatic nitrogens is 2. The van der Waals surface area contributed by atoms with Gasteiger partial charge < -0.3 is 5.32 Å². The highest BCUT2D eigenvalue weighted by Crippen LogP contribution is 2.24. The molecule has 0 atom stereocenters. The molecule has 1 amide bonds. The predicted octanol–water partition coefficient (Wildman–Crippen LogP) is 4.55. The molecule has 180 valence electrons. The number of nitrogens with one attached hydrogen (secondary N) is 2. The molecule has 1 heterocycles. The van der Waals surface area contributed by atoms with Gasteiger partial charge >= 0.3 is 0 Å². The lowest BCUT2D eigenvalue weighted by atomic mass is 10.1. The summed E-state index contributed by atoms with van der Waals surface area (Å²) in [7, 11) is -3.76. The van der Waals surface area contributed by atoms with Crippen molar-refractivity contribution in [3.63, 3.8) is 0 Å². The Morgan fingerprint density at radius 1 is 0.886 bits per heavy atom. The van der Waals surface area contributed by atoms with Crippen LogP contribution in [0.25, 0.3) is 16.9 Å². The van der Waals surface area contributed by atoms with E-state index in [0.29, 0.717) is 5.56 Å². The van der Waals surface area contributed by atoms with E-state index in [2.05, 4.69) is 15.1 Å². The quantitative estimate of drug-likeness (QED) is 0.399.